The number of hydrogen-bond donors (Lipinski definition) is 1. The topological polar surface area (TPSA) is 35.2 Å². The van der Waals surface area contributed by atoms with E-state index in [9.17, 15) is 4.39 Å². The summed E-state index contributed by atoms with van der Waals surface area (Å²) >= 11 is 0. The molecule has 0 amide bonds. The predicted molar refractivity (Wildman–Crippen MR) is 71.0 cm³/mol. The van der Waals surface area contributed by atoms with Gasteiger partial charge in [-0.15, -0.1) is 0 Å². The Labute approximate surface area is 106 Å². The summed E-state index contributed by atoms with van der Waals surface area (Å²) in [5.74, 6) is 0.560. The normalized spacial score (nSPS) is 10.4. The van der Waals surface area contributed by atoms with Gasteiger partial charge in [0, 0.05) is 12.1 Å². The van der Waals surface area contributed by atoms with Crippen molar-refractivity contribution in [2.45, 2.75) is 13.5 Å². The Balaban J connectivity index is 2.48. The first-order chi connectivity index (χ1) is 8.65. The van der Waals surface area contributed by atoms with Crippen molar-refractivity contribution in [3.63, 3.8) is 0 Å². The summed E-state index contributed by atoms with van der Waals surface area (Å²) in [4.78, 5) is 0. The van der Waals surface area contributed by atoms with Crippen LogP contribution >= 0.6 is 0 Å². The third-order valence-electron chi connectivity index (χ3n) is 3.01. The van der Waals surface area contributed by atoms with Crippen molar-refractivity contribution < 1.29 is 9.13 Å². The molecule has 0 aliphatic carbocycles. The van der Waals surface area contributed by atoms with E-state index >= 15 is 0 Å². The molecular formula is C15H16FNO. The summed E-state index contributed by atoms with van der Waals surface area (Å²) in [5.41, 5.74) is 9.17. The summed E-state index contributed by atoms with van der Waals surface area (Å²) in [6.45, 7) is 2.21. The Morgan fingerprint density at radius 3 is 2.56 bits per heavy atom. The second-order valence-corrected chi connectivity index (χ2v) is 4.19. The Hall–Kier alpha value is -1.87. The van der Waals surface area contributed by atoms with Gasteiger partial charge in [-0.05, 0) is 47.9 Å². The van der Waals surface area contributed by atoms with Crippen LogP contribution in [0, 0.1) is 12.7 Å². The molecule has 0 radical (unpaired) electrons. The van der Waals surface area contributed by atoms with Crippen LogP contribution in [0.4, 0.5) is 4.39 Å². The van der Waals surface area contributed by atoms with Gasteiger partial charge < -0.3 is 10.5 Å². The van der Waals surface area contributed by atoms with Crippen molar-refractivity contribution in [1.82, 2.24) is 0 Å². The quantitative estimate of drug-likeness (QED) is 0.900. The van der Waals surface area contributed by atoms with Crippen molar-refractivity contribution in [3.8, 4) is 16.9 Å². The molecule has 0 fully saturated rings. The van der Waals surface area contributed by atoms with Crippen LogP contribution in [0.3, 0.4) is 0 Å². The van der Waals surface area contributed by atoms with E-state index in [2.05, 4.69) is 0 Å². The molecule has 2 rings (SSSR count). The minimum absolute atomic E-state index is 0.203. The summed E-state index contributed by atoms with van der Waals surface area (Å²) in [7, 11) is 1.64. The third kappa shape index (κ3) is 2.36. The zero-order valence-corrected chi connectivity index (χ0v) is 10.5. The molecule has 2 N–H and O–H groups in total. The van der Waals surface area contributed by atoms with Gasteiger partial charge in [0.25, 0.3) is 0 Å². The average Bonchev–Trinajstić information content (AvgIpc) is 2.39. The summed E-state index contributed by atoms with van der Waals surface area (Å²) < 4.78 is 18.6. The highest BCUT2D eigenvalue weighted by Crippen LogP contribution is 2.28. The van der Waals surface area contributed by atoms with E-state index in [4.69, 9.17) is 10.5 Å². The smallest absolute Gasteiger partial charge is 0.127 e. The van der Waals surface area contributed by atoms with Gasteiger partial charge in [-0.25, -0.2) is 4.39 Å². The minimum Gasteiger partial charge on any atom is -0.497 e. The van der Waals surface area contributed by atoms with Gasteiger partial charge in [-0.1, -0.05) is 12.1 Å². The van der Waals surface area contributed by atoms with E-state index in [0.717, 1.165) is 22.4 Å². The van der Waals surface area contributed by atoms with Crippen molar-refractivity contribution in [3.05, 3.63) is 53.3 Å². The zero-order valence-electron chi connectivity index (χ0n) is 10.5. The molecule has 0 aromatic heterocycles. The number of aryl methyl sites for hydroxylation is 1. The lowest BCUT2D eigenvalue weighted by Gasteiger charge is -2.10. The van der Waals surface area contributed by atoms with Crippen LogP contribution in [-0.2, 0) is 6.54 Å². The standard InChI is InChI=1S/C15H16FNO/c1-10-7-13(18-2)4-5-14(10)11-3-6-15(16)12(8-11)9-17/h3-8H,9,17H2,1-2H3. The number of rotatable bonds is 3. The third-order valence-corrected chi connectivity index (χ3v) is 3.01. The molecule has 2 aromatic rings. The lowest BCUT2D eigenvalue weighted by atomic mass is 9.98. The predicted octanol–water partition coefficient (Wildman–Crippen LogP) is 3.27. The van der Waals surface area contributed by atoms with E-state index < -0.39 is 0 Å². The molecule has 0 bridgehead atoms. The number of nitrogens with two attached hydrogens (primary N) is 1. The highest BCUT2D eigenvalue weighted by molar-refractivity contribution is 5.68. The zero-order chi connectivity index (χ0) is 13.1. The Kier molecular flexibility index (Phi) is 3.63. The first-order valence-corrected chi connectivity index (χ1v) is 5.79. The van der Waals surface area contributed by atoms with Crippen LogP contribution in [0.5, 0.6) is 5.75 Å². The highest BCUT2D eigenvalue weighted by atomic mass is 19.1. The fourth-order valence-corrected chi connectivity index (χ4v) is 1.99. The monoisotopic (exact) mass is 245 g/mol. The van der Waals surface area contributed by atoms with E-state index in [1.165, 1.54) is 6.07 Å². The number of ether oxygens (including phenoxy) is 1. The molecule has 0 saturated heterocycles. The largest absolute Gasteiger partial charge is 0.497 e. The molecule has 2 aromatic carbocycles. The van der Waals surface area contributed by atoms with Gasteiger partial charge >= 0.3 is 0 Å². The molecule has 3 heteroatoms. The lowest BCUT2D eigenvalue weighted by molar-refractivity contribution is 0.414. The lowest BCUT2D eigenvalue weighted by Crippen LogP contribution is -2.00. The van der Waals surface area contributed by atoms with Gasteiger partial charge in [-0.3, -0.25) is 0 Å². The van der Waals surface area contributed by atoms with Crippen molar-refractivity contribution in [2.24, 2.45) is 5.73 Å². The van der Waals surface area contributed by atoms with E-state index in [1.54, 1.807) is 19.2 Å². The molecule has 94 valence electrons. The van der Waals surface area contributed by atoms with Crippen LogP contribution < -0.4 is 10.5 Å². The molecule has 0 saturated carbocycles. The Morgan fingerprint density at radius 2 is 1.94 bits per heavy atom. The average molecular weight is 245 g/mol. The van der Waals surface area contributed by atoms with Crippen LogP contribution in [0.1, 0.15) is 11.1 Å². The van der Waals surface area contributed by atoms with Crippen molar-refractivity contribution in [1.29, 1.82) is 0 Å². The SMILES string of the molecule is COc1ccc(-c2ccc(F)c(CN)c2)c(C)c1. The maximum Gasteiger partial charge on any atom is 0.127 e. The first kappa shape index (κ1) is 12.6. The summed E-state index contributed by atoms with van der Waals surface area (Å²) in [6, 6.07) is 10.9. The van der Waals surface area contributed by atoms with Crippen LogP contribution in [0.25, 0.3) is 11.1 Å². The minimum atomic E-state index is -0.257. The fourth-order valence-electron chi connectivity index (χ4n) is 1.99. The van der Waals surface area contributed by atoms with Crippen molar-refractivity contribution in [2.75, 3.05) is 7.11 Å². The van der Waals surface area contributed by atoms with Gasteiger partial charge in [-0.2, -0.15) is 0 Å². The van der Waals surface area contributed by atoms with Crippen molar-refractivity contribution >= 4 is 0 Å². The second-order valence-electron chi connectivity index (χ2n) is 4.19. The van der Waals surface area contributed by atoms with Crippen LogP contribution in [0.15, 0.2) is 36.4 Å². The van der Waals surface area contributed by atoms with E-state index in [1.807, 2.05) is 25.1 Å². The molecule has 2 nitrogen and oxygen atoms in total. The molecule has 0 atom stereocenters. The maximum atomic E-state index is 13.4. The number of halogens is 1. The Bertz CT molecular complexity index is 566. The molecule has 0 spiro atoms. The van der Waals surface area contributed by atoms with Gasteiger partial charge in [0.1, 0.15) is 11.6 Å². The molecular weight excluding hydrogens is 229 g/mol. The highest BCUT2D eigenvalue weighted by Gasteiger charge is 2.07. The molecule has 0 aliphatic heterocycles. The van der Waals surface area contributed by atoms with Gasteiger partial charge in [0.15, 0.2) is 0 Å². The van der Waals surface area contributed by atoms with Gasteiger partial charge in [0.2, 0.25) is 0 Å². The van der Waals surface area contributed by atoms with E-state index in [0.29, 0.717) is 5.56 Å². The van der Waals surface area contributed by atoms with E-state index in [-0.39, 0.29) is 12.4 Å². The maximum absolute atomic E-state index is 13.4. The number of hydrogen-bond acceptors (Lipinski definition) is 2. The summed E-state index contributed by atoms with van der Waals surface area (Å²) in [6.07, 6.45) is 0. The van der Waals surface area contributed by atoms with Gasteiger partial charge in [0.05, 0.1) is 7.11 Å². The Morgan fingerprint density at radius 1 is 1.17 bits per heavy atom. The fraction of sp³-hybridized carbons (Fsp3) is 0.200. The molecule has 0 heterocycles. The van der Waals surface area contributed by atoms with Crippen LogP contribution in [-0.4, -0.2) is 7.11 Å². The van der Waals surface area contributed by atoms with Crippen LogP contribution in [0.2, 0.25) is 0 Å². The number of benzene rings is 2. The summed E-state index contributed by atoms with van der Waals surface area (Å²) in [5, 5.41) is 0. The number of methoxy groups -OCH3 is 1. The first-order valence-electron chi connectivity index (χ1n) is 5.79. The molecule has 0 aliphatic rings. The molecule has 0 unspecified atom stereocenters. The second kappa shape index (κ2) is 5.19. The molecule has 18 heavy (non-hydrogen) atoms.